The van der Waals surface area contributed by atoms with Gasteiger partial charge in [-0.25, -0.2) is 0 Å². The first kappa shape index (κ1) is 30.9. The van der Waals surface area contributed by atoms with Crippen LogP contribution in [0.4, 0.5) is 0 Å². The summed E-state index contributed by atoms with van der Waals surface area (Å²) < 4.78 is 35.3. The van der Waals surface area contributed by atoms with Crippen molar-refractivity contribution in [3.8, 4) is 0 Å². The van der Waals surface area contributed by atoms with E-state index in [2.05, 4.69) is 0 Å². The molecule has 0 aromatic carbocycles. The van der Waals surface area contributed by atoms with Gasteiger partial charge in [0.05, 0.1) is 4.08 Å². The fourth-order valence-corrected chi connectivity index (χ4v) is 9.40. The van der Waals surface area contributed by atoms with Crippen molar-refractivity contribution in [3.63, 3.8) is 0 Å². The lowest BCUT2D eigenvalue weighted by molar-refractivity contribution is 0.0695. The molecule has 30 heavy (non-hydrogen) atoms. The van der Waals surface area contributed by atoms with Gasteiger partial charge in [-0.3, -0.25) is 0 Å². The van der Waals surface area contributed by atoms with Gasteiger partial charge in [-0.2, -0.15) is 25.3 Å². The van der Waals surface area contributed by atoms with Gasteiger partial charge in [-0.15, -0.1) is 0 Å². The molecule has 0 spiro atoms. The smallest absolute Gasteiger partial charge is 0.374 e. The van der Waals surface area contributed by atoms with Crippen molar-refractivity contribution < 1.29 is 26.6 Å². The Labute approximate surface area is 198 Å². The molecule has 0 atom stereocenters. The molecule has 0 unspecified atom stereocenters. The highest BCUT2D eigenvalue weighted by Gasteiger charge is 2.41. The summed E-state index contributed by atoms with van der Waals surface area (Å²) in [7, 11) is -5.16. The molecular formula is C20H46O6S2Si2. The molecule has 0 aliphatic carbocycles. The van der Waals surface area contributed by atoms with Gasteiger partial charge in [0, 0.05) is 51.7 Å². The number of hydrogen-bond acceptors (Lipinski definition) is 8. The molecule has 0 aromatic rings. The van der Waals surface area contributed by atoms with Crippen LogP contribution in [0.15, 0.2) is 0 Å². The van der Waals surface area contributed by atoms with E-state index < -0.39 is 17.6 Å². The van der Waals surface area contributed by atoms with Gasteiger partial charge in [0.1, 0.15) is 0 Å². The zero-order valence-corrected chi connectivity index (χ0v) is 23.8. The lowest BCUT2D eigenvalue weighted by Crippen LogP contribution is -2.46. The number of unbranched alkanes of at least 4 members (excludes halogenated alkanes) is 1. The average Bonchev–Trinajstić information content (AvgIpc) is 2.66. The summed E-state index contributed by atoms with van der Waals surface area (Å²) in [6.07, 6.45) is 4.66. The Balaban J connectivity index is 4.56. The topological polar surface area (TPSA) is 55.4 Å². The van der Waals surface area contributed by atoms with Crippen molar-refractivity contribution in [2.45, 2.75) is 89.8 Å². The number of rotatable bonds is 21. The van der Waals surface area contributed by atoms with Crippen molar-refractivity contribution in [3.05, 3.63) is 0 Å². The van der Waals surface area contributed by atoms with Crippen LogP contribution in [0.2, 0.25) is 12.1 Å². The molecular weight excluding hydrogens is 457 g/mol. The highest BCUT2D eigenvalue weighted by atomic mass is 32.2. The fraction of sp³-hybridized carbons (Fsp3) is 1.00. The van der Waals surface area contributed by atoms with Gasteiger partial charge < -0.3 is 26.6 Å². The summed E-state index contributed by atoms with van der Waals surface area (Å²) in [5, 5.41) is 0. The maximum absolute atomic E-state index is 5.94. The van der Waals surface area contributed by atoms with Gasteiger partial charge in [0.25, 0.3) is 0 Å². The van der Waals surface area contributed by atoms with Crippen LogP contribution in [-0.2, 0) is 26.6 Å². The minimum atomic E-state index is -2.60. The van der Waals surface area contributed by atoms with Crippen LogP contribution in [0.5, 0.6) is 0 Å². The number of thiol groups is 2. The normalized spacial score (nSPS) is 13.2. The van der Waals surface area contributed by atoms with Crippen molar-refractivity contribution in [2.75, 3.05) is 39.6 Å². The maximum atomic E-state index is 5.94. The van der Waals surface area contributed by atoms with E-state index in [1.807, 2.05) is 41.5 Å². The lowest BCUT2D eigenvalue weighted by atomic mass is 10.1. The standard InChI is InChI=1S/C20H46O6S2Si2/c1-7-21-29(22-8-2,23-9-3)18-14-13-16-20(27,28)17-15-19-30(24-10-4,25-11-5)26-12-6/h27-28H,7-19H2,1-6H3. The molecule has 0 amide bonds. The highest BCUT2D eigenvalue weighted by Crippen LogP contribution is 2.34. The van der Waals surface area contributed by atoms with Crippen LogP contribution >= 0.6 is 25.3 Å². The fourth-order valence-electron chi connectivity index (χ4n) is 3.47. The molecule has 0 aromatic heterocycles. The Morgan fingerprint density at radius 3 is 1.13 bits per heavy atom. The summed E-state index contributed by atoms with van der Waals surface area (Å²) in [5.74, 6) is 0. The van der Waals surface area contributed by atoms with Gasteiger partial charge in [-0.05, 0) is 67.2 Å². The van der Waals surface area contributed by atoms with Crippen LogP contribution in [0.3, 0.4) is 0 Å². The second kappa shape index (κ2) is 17.4. The zero-order chi connectivity index (χ0) is 22.9. The Kier molecular flexibility index (Phi) is 17.9. The summed E-state index contributed by atoms with van der Waals surface area (Å²) in [6.45, 7) is 15.6. The van der Waals surface area contributed by atoms with Gasteiger partial charge in [0.2, 0.25) is 0 Å². The Morgan fingerprint density at radius 1 is 0.500 bits per heavy atom. The Hall–Kier alpha value is 0.894. The monoisotopic (exact) mass is 502 g/mol. The van der Waals surface area contributed by atoms with E-state index >= 15 is 0 Å². The molecule has 0 N–H and O–H groups in total. The van der Waals surface area contributed by atoms with E-state index in [1.165, 1.54) is 0 Å². The van der Waals surface area contributed by atoms with Crippen molar-refractivity contribution >= 4 is 42.9 Å². The third-order valence-electron chi connectivity index (χ3n) is 4.56. The molecule has 0 bridgehead atoms. The summed E-state index contributed by atoms with van der Waals surface area (Å²) in [6, 6.07) is 1.62. The van der Waals surface area contributed by atoms with Gasteiger partial charge in [-0.1, -0.05) is 6.42 Å². The van der Waals surface area contributed by atoms with Crippen LogP contribution in [0.1, 0.15) is 73.6 Å². The van der Waals surface area contributed by atoms with Crippen LogP contribution in [0, 0.1) is 0 Å². The Bertz CT molecular complexity index is 385. The van der Waals surface area contributed by atoms with E-state index in [0.717, 1.165) is 44.2 Å². The second-order valence-electron chi connectivity index (χ2n) is 7.01. The quantitative estimate of drug-likeness (QED) is 0.0923. The predicted molar refractivity (Wildman–Crippen MR) is 135 cm³/mol. The van der Waals surface area contributed by atoms with E-state index in [-0.39, 0.29) is 4.08 Å². The highest BCUT2D eigenvalue weighted by molar-refractivity contribution is 8.00. The van der Waals surface area contributed by atoms with Crippen LogP contribution < -0.4 is 0 Å². The largest absolute Gasteiger partial charge is 0.500 e. The maximum Gasteiger partial charge on any atom is 0.500 e. The minimum absolute atomic E-state index is 0.335. The minimum Gasteiger partial charge on any atom is -0.374 e. The van der Waals surface area contributed by atoms with Crippen molar-refractivity contribution in [1.82, 2.24) is 0 Å². The van der Waals surface area contributed by atoms with Crippen molar-refractivity contribution in [2.24, 2.45) is 0 Å². The predicted octanol–water partition coefficient (Wildman–Crippen LogP) is 5.59. The molecule has 0 aliphatic heterocycles. The average molecular weight is 503 g/mol. The lowest BCUT2D eigenvalue weighted by Gasteiger charge is -2.30. The molecule has 182 valence electrons. The van der Waals surface area contributed by atoms with E-state index in [4.69, 9.17) is 51.8 Å². The van der Waals surface area contributed by atoms with Gasteiger partial charge in [0.15, 0.2) is 0 Å². The molecule has 0 heterocycles. The SMILES string of the molecule is CCO[Si](CCCCC(S)(S)CCC[Si](OCC)(OCC)OCC)(OCC)OCC. The third kappa shape index (κ3) is 12.8. The molecule has 0 rings (SSSR count). The molecule has 6 nitrogen and oxygen atoms in total. The van der Waals surface area contributed by atoms with Crippen molar-refractivity contribution in [1.29, 1.82) is 0 Å². The van der Waals surface area contributed by atoms with E-state index in [1.54, 1.807) is 0 Å². The van der Waals surface area contributed by atoms with Crippen LogP contribution in [-0.4, -0.2) is 61.3 Å². The molecule has 0 fully saturated rings. The first-order valence-electron chi connectivity index (χ1n) is 11.6. The van der Waals surface area contributed by atoms with E-state index in [0.29, 0.717) is 39.6 Å². The summed E-state index contributed by atoms with van der Waals surface area (Å²) in [4.78, 5) is 0. The number of hydrogen-bond donors (Lipinski definition) is 2. The summed E-state index contributed by atoms with van der Waals surface area (Å²) >= 11 is 9.63. The van der Waals surface area contributed by atoms with E-state index in [9.17, 15) is 0 Å². The second-order valence-corrected chi connectivity index (χ2v) is 14.5. The molecule has 0 saturated carbocycles. The molecule has 10 heteroatoms. The Morgan fingerprint density at radius 2 is 0.800 bits per heavy atom. The first-order valence-corrected chi connectivity index (χ1v) is 16.3. The van der Waals surface area contributed by atoms with Crippen LogP contribution in [0.25, 0.3) is 0 Å². The first-order chi connectivity index (χ1) is 14.3. The molecule has 0 saturated heterocycles. The zero-order valence-electron chi connectivity index (χ0n) is 20.0. The molecule has 0 aliphatic rings. The summed E-state index contributed by atoms with van der Waals surface area (Å²) in [5.41, 5.74) is 0. The molecule has 0 radical (unpaired) electrons. The third-order valence-corrected chi connectivity index (χ3v) is 11.8. The van der Waals surface area contributed by atoms with Gasteiger partial charge >= 0.3 is 17.6 Å².